The van der Waals surface area contributed by atoms with Crippen LogP contribution in [0, 0.1) is 0 Å². The molecule has 1 aliphatic rings. The van der Waals surface area contributed by atoms with Crippen molar-refractivity contribution in [2.45, 2.75) is 26.0 Å². The van der Waals surface area contributed by atoms with Gasteiger partial charge in [0.05, 0.1) is 12.6 Å². The molecule has 1 aromatic rings. The van der Waals surface area contributed by atoms with Crippen molar-refractivity contribution in [2.24, 2.45) is 0 Å². The molecule has 1 heterocycles. The summed E-state index contributed by atoms with van der Waals surface area (Å²) in [7, 11) is 0. The van der Waals surface area contributed by atoms with Crippen molar-refractivity contribution in [1.29, 1.82) is 0 Å². The van der Waals surface area contributed by atoms with E-state index >= 15 is 0 Å². The van der Waals surface area contributed by atoms with Crippen LogP contribution < -0.4 is 5.32 Å². The standard InChI is InChI=1S/C15H22N2O2/c1-13-15(18)17(10-8-16-13)9-5-11-19-12-14-6-3-2-4-7-14/h2-4,6-7,13,16H,5,8-12H2,1H3. The predicted molar refractivity (Wildman–Crippen MR) is 74.8 cm³/mol. The van der Waals surface area contributed by atoms with Crippen molar-refractivity contribution in [3.8, 4) is 0 Å². The number of rotatable bonds is 6. The lowest BCUT2D eigenvalue weighted by Gasteiger charge is -2.31. The van der Waals surface area contributed by atoms with E-state index in [0.717, 1.165) is 26.1 Å². The van der Waals surface area contributed by atoms with Gasteiger partial charge in [0.25, 0.3) is 0 Å². The molecule has 19 heavy (non-hydrogen) atoms. The highest BCUT2D eigenvalue weighted by Crippen LogP contribution is 2.04. The van der Waals surface area contributed by atoms with E-state index < -0.39 is 0 Å². The zero-order chi connectivity index (χ0) is 13.5. The van der Waals surface area contributed by atoms with Crippen LogP contribution in [0.4, 0.5) is 0 Å². The summed E-state index contributed by atoms with van der Waals surface area (Å²) in [5, 5.41) is 3.16. The summed E-state index contributed by atoms with van der Waals surface area (Å²) in [6.45, 7) is 5.74. The first kappa shape index (κ1) is 14.0. The second kappa shape index (κ2) is 7.26. The fourth-order valence-electron chi connectivity index (χ4n) is 2.23. The molecule has 1 unspecified atom stereocenters. The molecule has 1 N–H and O–H groups in total. The Labute approximate surface area is 114 Å². The number of benzene rings is 1. The number of nitrogens with zero attached hydrogens (tertiary/aromatic N) is 1. The SMILES string of the molecule is CC1NCCN(CCCOCc2ccccc2)C1=O. The van der Waals surface area contributed by atoms with E-state index in [1.807, 2.05) is 30.0 Å². The number of hydrogen-bond donors (Lipinski definition) is 1. The van der Waals surface area contributed by atoms with E-state index in [-0.39, 0.29) is 11.9 Å². The molecule has 0 aromatic heterocycles. The maximum absolute atomic E-state index is 11.8. The molecule has 4 heteroatoms. The molecule has 0 radical (unpaired) electrons. The Balaban J connectivity index is 1.60. The minimum Gasteiger partial charge on any atom is -0.377 e. The van der Waals surface area contributed by atoms with Gasteiger partial charge in [-0.2, -0.15) is 0 Å². The Morgan fingerprint density at radius 3 is 2.95 bits per heavy atom. The molecule has 1 amide bonds. The lowest BCUT2D eigenvalue weighted by molar-refractivity contribution is -0.135. The van der Waals surface area contributed by atoms with E-state index in [0.29, 0.717) is 13.2 Å². The maximum atomic E-state index is 11.8. The minimum absolute atomic E-state index is 0.0426. The molecule has 104 valence electrons. The van der Waals surface area contributed by atoms with Crippen molar-refractivity contribution < 1.29 is 9.53 Å². The average molecular weight is 262 g/mol. The molecule has 0 saturated carbocycles. The number of piperazine rings is 1. The summed E-state index contributed by atoms with van der Waals surface area (Å²) in [4.78, 5) is 13.8. The number of amides is 1. The van der Waals surface area contributed by atoms with Gasteiger partial charge in [-0.05, 0) is 18.9 Å². The third-order valence-corrected chi connectivity index (χ3v) is 3.34. The molecular formula is C15H22N2O2. The fourth-order valence-corrected chi connectivity index (χ4v) is 2.23. The van der Waals surface area contributed by atoms with Crippen LogP contribution in [-0.2, 0) is 16.1 Å². The molecule has 1 aliphatic heterocycles. The van der Waals surface area contributed by atoms with Crippen LogP contribution in [-0.4, -0.2) is 43.1 Å². The van der Waals surface area contributed by atoms with Crippen LogP contribution in [0.2, 0.25) is 0 Å². The molecule has 4 nitrogen and oxygen atoms in total. The predicted octanol–water partition coefficient (Wildman–Crippen LogP) is 1.41. The van der Waals surface area contributed by atoms with Gasteiger partial charge in [-0.25, -0.2) is 0 Å². The Morgan fingerprint density at radius 2 is 2.16 bits per heavy atom. The maximum Gasteiger partial charge on any atom is 0.239 e. The topological polar surface area (TPSA) is 41.6 Å². The zero-order valence-corrected chi connectivity index (χ0v) is 11.5. The molecule has 0 bridgehead atoms. The Bertz CT molecular complexity index is 394. The van der Waals surface area contributed by atoms with Crippen molar-refractivity contribution in [1.82, 2.24) is 10.2 Å². The summed E-state index contributed by atoms with van der Waals surface area (Å²) in [6.07, 6.45) is 0.894. The quantitative estimate of drug-likeness (QED) is 0.788. The summed E-state index contributed by atoms with van der Waals surface area (Å²) in [5.74, 6) is 0.203. The number of hydrogen-bond acceptors (Lipinski definition) is 3. The first-order valence-corrected chi connectivity index (χ1v) is 6.91. The molecule has 0 aliphatic carbocycles. The fraction of sp³-hybridized carbons (Fsp3) is 0.533. The van der Waals surface area contributed by atoms with Gasteiger partial charge in [0.2, 0.25) is 5.91 Å². The second-order valence-electron chi connectivity index (χ2n) is 4.89. The van der Waals surface area contributed by atoms with Crippen molar-refractivity contribution >= 4 is 5.91 Å². The van der Waals surface area contributed by atoms with E-state index in [1.54, 1.807) is 0 Å². The average Bonchev–Trinajstić information content (AvgIpc) is 2.44. The zero-order valence-electron chi connectivity index (χ0n) is 11.5. The molecule has 1 fully saturated rings. The van der Waals surface area contributed by atoms with E-state index in [9.17, 15) is 4.79 Å². The van der Waals surface area contributed by atoms with Gasteiger partial charge in [0, 0.05) is 26.2 Å². The normalized spacial score (nSPS) is 19.7. The highest BCUT2D eigenvalue weighted by Gasteiger charge is 2.23. The first-order chi connectivity index (χ1) is 9.27. The molecule has 1 atom stereocenters. The highest BCUT2D eigenvalue weighted by molar-refractivity contribution is 5.82. The highest BCUT2D eigenvalue weighted by atomic mass is 16.5. The van der Waals surface area contributed by atoms with Gasteiger partial charge >= 0.3 is 0 Å². The number of carbonyl (C=O) groups excluding carboxylic acids is 1. The molecule has 1 saturated heterocycles. The van der Waals surface area contributed by atoms with Gasteiger partial charge in [-0.15, -0.1) is 0 Å². The van der Waals surface area contributed by atoms with Crippen LogP contribution in [0.1, 0.15) is 18.9 Å². The molecule has 0 spiro atoms. The van der Waals surface area contributed by atoms with Crippen molar-refractivity contribution in [3.05, 3.63) is 35.9 Å². The summed E-state index contributed by atoms with van der Waals surface area (Å²) in [5.41, 5.74) is 1.19. The van der Waals surface area contributed by atoms with Crippen molar-refractivity contribution in [2.75, 3.05) is 26.2 Å². The van der Waals surface area contributed by atoms with Crippen LogP contribution in [0.15, 0.2) is 30.3 Å². The lowest BCUT2D eigenvalue weighted by atomic mass is 10.2. The van der Waals surface area contributed by atoms with Gasteiger partial charge in [0.1, 0.15) is 0 Å². The number of carbonyl (C=O) groups is 1. The Kier molecular flexibility index (Phi) is 5.36. The minimum atomic E-state index is -0.0426. The number of ether oxygens (including phenoxy) is 1. The van der Waals surface area contributed by atoms with E-state index in [1.165, 1.54) is 5.56 Å². The Hall–Kier alpha value is -1.39. The third-order valence-electron chi connectivity index (χ3n) is 3.34. The van der Waals surface area contributed by atoms with Gasteiger partial charge in [-0.3, -0.25) is 4.79 Å². The molecule has 2 rings (SSSR count). The number of nitrogens with one attached hydrogen (secondary N) is 1. The third kappa shape index (κ3) is 4.33. The largest absolute Gasteiger partial charge is 0.377 e. The first-order valence-electron chi connectivity index (χ1n) is 6.91. The smallest absolute Gasteiger partial charge is 0.239 e. The van der Waals surface area contributed by atoms with Crippen molar-refractivity contribution in [3.63, 3.8) is 0 Å². The lowest BCUT2D eigenvalue weighted by Crippen LogP contribution is -2.53. The monoisotopic (exact) mass is 262 g/mol. The van der Waals surface area contributed by atoms with E-state index in [4.69, 9.17) is 4.74 Å². The van der Waals surface area contributed by atoms with Gasteiger partial charge < -0.3 is 15.0 Å². The molecular weight excluding hydrogens is 240 g/mol. The van der Waals surface area contributed by atoms with Crippen LogP contribution in [0.3, 0.4) is 0 Å². The van der Waals surface area contributed by atoms with E-state index in [2.05, 4.69) is 17.4 Å². The molecule has 1 aromatic carbocycles. The van der Waals surface area contributed by atoms with Crippen LogP contribution in [0.25, 0.3) is 0 Å². The van der Waals surface area contributed by atoms with Crippen LogP contribution in [0.5, 0.6) is 0 Å². The van der Waals surface area contributed by atoms with Gasteiger partial charge in [0.15, 0.2) is 0 Å². The summed E-state index contributed by atoms with van der Waals surface area (Å²) < 4.78 is 5.62. The summed E-state index contributed by atoms with van der Waals surface area (Å²) >= 11 is 0. The summed E-state index contributed by atoms with van der Waals surface area (Å²) in [6, 6.07) is 10.1. The van der Waals surface area contributed by atoms with Gasteiger partial charge in [-0.1, -0.05) is 30.3 Å². The second-order valence-corrected chi connectivity index (χ2v) is 4.89. The van der Waals surface area contributed by atoms with Crippen LogP contribution >= 0.6 is 0 Å². The Morgan fingerprint density at radius 1 is 1.37 bits per heavy atom.